The van der Waals surface area contributed by atoms with Gasteiger partial charge < -0.3 is 4.74 Å². The monoisotopic (exact) mass is 186 g/mol. The number of ether oxygens (including phenoxy) is 1. The number of carbonyl (C=O) groups is 1. The van der Waals surface area contributed by atoms with Crippen molar-refractivity contribution in [1.82, 2.24) is 0 Å². The molecule has 0 saturated heterocycles. The second-order valence-electron chi connectivity index (χ2n) is 4.00. The molecule has 2 nitrogen and oxygen atoms in total. The van der Waals surface area contributed by atoms with Gasteiger partial charge in [-0.05, 0) is 25.7 Å². The Morgan fingerprint density at radius 1 is 1.31 bits per heavy atom. The van der Waals surface area contributed by atoms with E-state index in [0.717, 1.165) is 25.9 Å². The largest absolute Gasteiger partial charge is 0.384 e. The van der Waals surface area contributed by atoms with Crippen molar-refractivity contribution in [2.24, 2.45) is 11.8 Å². The molecular formula is C11H22O2. The third-order valence-electron chi connectivity index (χ3n) is 2.48. The minimum Gasteiger partial charge on any atom is -0.384 e. The maximum atomic E-state index is 10.9. The minimum atomic E-state index is 0.231. The van der Waals surface area contributed by atoms with Crippen LogP contribution in [0.15, 0.2) is 0 Å². The van der Waals surface area contributed by atoms with Crippen molar-refractivity contribution in [3.05, 3.63) is 0 Å². The second kappa shape index (κ2) is 7.07. The molecule has 0 fully saturated rings. The third kappa shape index (κ3) is 6.76. The quantitative estimate of drug-likeness (QED) is 0.611. The van der Waals surface area contributed by atoms with Crippen LogP contribution in [0.3, 0.4) is 0 Å². The van der Waals surface area contributed by atoms with Crippen LogP contribution in [0.5, 0.6) is 0 Å². The van der Waals surface area contributed by atoms with E-state index in [9.17, 15) is 4.79 Å². The molecule has 0 aliphatic heterocycles. The van der Waals surface area contributed by atoms with Gasteiger partial charge in [0.2, 0.25) is 0 Å². The van der Waals surface area contributed by atoms with Gasteiger partial charge in [-0.25, -0.2) is 0 Å². The highest BCUT2D eigenvalue weighted by molar-refractivity contribution is 5.77. The predicted octanol–water partition coefficient (Wildman–Crippen LogP) is 2.66. The lowest BCUT2D eigenvalue weighted by atomic mass is 9.97. The molecule has 78 valence electrons. The van der Waals surface area contributed by atoms with Crippen LogP contribution in [-0.2, 0) is 9.53 Å². The van der Waals surface area contributed by atoms with Gasteiger partial charge in [-0.2, -0.15) is 0 Å². The Morgan fingerprint density at radius 3 is 2.38 bits per heavy atom. The number of Topliss-reactive ketones (excluding diaryl/α,β-unsaturated/α-hetero) is 1. The van der Waals surface area contributed by atoms with E-state index in [-0.39, 0.29) is 5.92 Å². The highest BCUT2D eigenvalue weighted by Crippen LogP contribution is 2.13. The molecule has 0 aliphatic rings. The van der Waals surface area contributed by atoms with Crippen LogP contribution >= 0.6 is 0 Å². The fourth-order valence-corrected chi connectivity index (χ4v) is 1.34. The van der Waals surface area contributed by atoms with Crippen LogP contribution in [0.2, 0.25) is 0 Å². The van der Waals surface area contributed by atoms with Gasteiger partial charge in [-0.1, -0.05) is 20.3 Å². The highest BCUT2D eigenvalue weighted by Gasteiger charge is 2.08. The van der Waals surface area contributed by atoms with E-state index < -0.39 is 0 Å². The molecule has 0 N–H and O–H groups in total. The van der Waals surface area contributed by atoms with Gasteiger partial charge in [0.05, 0.1) is 0 Å². The molecule has 0 aromatic carbocycles. The van der Waals surface area contributed by atoms with E-state index in [1.807, 2.05) is 6.92 Å². The standard InChI is InChI=1S/C11H22O2/c1-9(8-13-4)6-5-7-10(2)11(3)12/h9-10H,5-8H2,1-4H3. The molecule has 0 bridgehead atoms. The Hall–Kier alpha value is -0.370. The second-order valence-corrected chi connectivity index (χ2v) is 4.00. The lowest BCUT2D eigenvalue weighted by Crippen LogP contribution is -2.08. The Kier molecular flexibility index (Phi) is 6.87. The summed E-state index contributed by atoms with van der Waals surface area (Å²) >= 11 is 0. The van der Waals surface area contributed by atoms with E-state index >= 15 is 0 Å². The number of hydrogen-bond acceptors (Lipinski definition) is 2. The zero-order valence-corrected chi connectivity index (χ0v) is 9.30. The van der Waals surface area contributed by atoms with Gasteiger partial charge in [0.25, 0.3) is 0 Å². The van der Waals surface area contributed by atoms with E-state index in [2.05, 4.69) is 6.92 Å². The van der Waals surface area contributed by atoms with Gasteiger partial charge in [0, 0.05) is 19.6 Å². The molecule has 13 heavy (non-hydrogen) atoms. The molecule has 2 heteroatoms. The molecule has 0 aromatic heterocycles. The predicted molar refractivity (Wildman–Crippen MR) is 54.7 cm³/mol. The fraction of sp³-hybridized carbons (Fsp3) is 0.909. The van der Waals surface area contributed by atoms with E-state index in [1.165, 1.54) is 0 Å². The number of ketones is 1. The summed E-state index contributed by atoms with van der Waals surface area (Å²) in [6.07, 6.45) is 3.31. The van der Waals surface area contributed by atoms with Crippen LogP contribution in [0.4, 0.5) is 0 Å². The molecule has 0 aromatic rings. The summed E-state index contributed by atoms with van der Waals surface area (Å²) in [7, 11) is 1.73. The van der Waals surface area contributed by atoms with Crippen molar-refractivity contribution >= 4 is 5.78 Å². The normalized spacial score (nSPS) is 15.4. The Balaban J connectivity index is 3.39. The van der Waals surface area contributed by atoms with Crippen molar-refractivity contribution in [2.75, 3.05) is 13.7 Å². The summed E-state index contributed by atoms with van der Waals surface area (Å²) in [6.45, 7) is 6.68. The minimum absolute atomic E-state index is 0.231. The van der Waals surface area contributed by atoms with Gasteiger partial charge in [0.1, 0.15) is 5.78 Å². The van der Waals surface area contributed by atoms with Crippen LogP contribution in [0.25, 0.3) is 0 Å². The zero-order chi connectivity index (χ0) is 10.3. The van der Waals surface area contributed by atoms with Gasteiger partial charge in [0.15, 0.2) is 0 Å². The summed E-state index contributed by atoms with van der Waals surface area (Å²) in [5, 5.41) is 0. The smallest absolute Gasteiger partial charge is 0.132 e. The number of methoxy groups -OCH3 is 1. The Labute approximate surface area is 81.7 Å². The fourth-order valence-electron chi connectivity index (χ4n) is 1.34. The maximum absolute atomic E-state index is 10.9. The van der Waals surface area contributed by atoms with Gasteiger partial charge in [-0.3, -0.25) is 4.79 Å². The van der Waals surface area contributed by atoms with E-state index in [0.29, 0.717) is 11.7 Å². The molecule has 2 atom stereocenters. The van der Waals surface area contributed by atoms with Crippen molar-refractivity contribution in [2.45, 2.75) is 40.0 Å². The molecule has 0 rings (SSSR count). The van der Waals surface area contributed by atoms with Gasteiger partial charge >= 0.3 is 0 Å². The van der Waals surface area contributed by atoms with Crippen molar-refractivity contribution in [1.29, 1.82) is 0 Å². The molecule has 0 heterocycles. The zero-order valence-electron chi connectivity index (χ0n) is 9.30. The molecule has 0 saturated carbocycles. The summed E-state index contributed by atoms with van der Waals surface area (Å²) in [6, 6.07) is 0. The lowest BCUT2D eigenvalue weighted by molar-refractivity contribution is -0.120. The average molecular weight is 186 g/mol. The molecule has 0 radical (unpaired) electrons. The topological polar surface area (TPSA) is 26.3 Å². The Bertz CT molecular complexity index is 143. The number of carbonyl (C=O) groups excluding carboxylic acids is 1. The van der Waals surface area contributed by atoms with Crippen LogP contribution < -0.4 is 0 Å². The van der Waals surface area contributed by atoms with E-state index in [1.54, 1.807) is 14.0 Å². The van der Waals surface area contributed by atoms with Crippen molar-refractivity contribution < 1.29 is 9.53 Å². The average Bonchev–Trinajstić information content (AvgIpc) is 2.04. The molecule has 0 spiro atoms. The first-order chi connectivity index (χ1) is 6.07. The molecular weight excluding hydrogens is 164 g/mol. The Morgan fingerprint density at radius 2 is 1.92 bits per heavy atom. The van der Waals surface area contributed by atoms with E-state index in [4.69, 9.17) is 4.74 Å². The first-order valence-corrected chi connectivity index (χ1v) is 5.07. The molecule has 2 unspecified atom stereocenters. The highest BCUT2D eigenvalue weighted by atomic mass is 16.5. The SMILES string of the molecule is COCC(C)CCCC(C)C(C)=O. The molecule has 0 amide bonds. The first kappa shape index (κ1) is 12.6. The summed E-state index contributed by atoms with van der Waals surface area (Å²) in [5.74, 6) is 1.15. The maximum Gasteiger partial charge on any atom is 0.132 e. The summed E-state index contributed by atoms with van der Waals surface area (Å²) < 4.78 is 5.04. The first-order valence-electron chi connectivity index (χ1n) is 5.07. The lowest BCUT2D eigenvalue weighted by Gasteiger charge is -2.11. The van der Waals surface area contributed by atoms with Crippen LogP contribution in [0, 0.1) is 11.8 Å². The number of rotatable bonds is 7. The summed E-state index contributed by atoms with van der Waals surface area (Å²) in [4.78, 5) is 10.9. The third-order valence-corrected chi connectivity index (χ3v) is 2.48. The molecule has 0 aliphatic carbocycles. The number of hydrogen-bond donors (Lipinski definition) is 0. The van der Waals surface area contributed by atoms with Gasteiger partial charge in [-0.15, -0.1) is 0 Å². The van der Waals surface area contributed by atoms with Crippen molar-refractivity contribution in [3.8, 4) is 0 Å². The van der Waals surface area contributed by atoms with Crippen molar-refractivity contribution in [3.63, 3.8) is 0 Å². The summed E-state index contributed by atoms with van der Waals surface area (Å²) in [5.41, 5.74) is 0. The van der Waals surface area contributed by atoms with Crippen LogP contribution in [0.1, 0.15) is 40.0 Å². The van der Waals surface area contributed by atoms with Crippen LogP contribution in [-0.4, -0.2) is 19.5 Å².